The molecule has 0 aliphatic carbocycles. The summed E-state index contributed by atoms with van der Waals surface area (Å²) in [6, 6.07) is 58.3. The Morgan fingerprint density at radius 2 is 0.961 bits per heavy atom. The molecular weight excluding hydrogens is 639 g/mol. The van der Waals surface area contributed by atoms with E-state index in [-0.39, 0.29) is 0 Å². The molecule has 0 bridgehead atoms. The van der Waals surface area contributed by atoms with Gasteiger partial charge in [-0.15, -0.1) is 11.3 Å². The van der Waals surface area contributed by atoms with Gasteiger partial charge in [0.15, 0.2) is 0 Å². The molecule has 11 aromatic rings. The van der Waals surface area contributed by atoms with Crippen molar-refractivity contribution in [1.82, 2.24) is 15.0 Å². The zero-order valence-corrected chi connectivity index (χ0v) is 28.2. The maximum Gasteiger partial charge on any atom is 0.0972 e. The summed E-state index contributed by atoms with van der Waals surface area (Å²) >= 11 is 1.87. The number of rotatable bonds is 3. The predicted octanol–water partition coefficient (Wildman–Crippen LogP) is 13.0. The number of thiophene rings is 1. The first-order valence-electron chi connectivity index (χ1n) is 17.2. The number of benzene rings is 7. The zero-order chi connectivity index (χ0) is 33.5. The Kier molecular flexibility index (Phi) is 6.12. The van der Waals surface area contributed by atoms with E-state index in [0.717, 1.165) is 66.5 Å². The Balaban J connectivity index is 1.04. The molecule has 0 aliphatic rings. The van der Waals surface area contributed by atoms with E-state index in [0.29, 0.717) is 0 Å². The third-order valence-electron chi connectivity index (χ3n) is 10.2. The summed E-state index contributed by atoms with van der Waals surface area (Å²) in [5, 5.41) is 10.8. The lowest BCUT2D eigenvalue weighted by atomic mass is 9.96. The van der Waals surface area contributed by atoms with Gasteiger partial charge in [-0.05, 0) is 47.2 Å². The highest BCUT2D eigenvalue weighted by Crippen LogP contribution is 2.43. The molecule has 0 aliphatic heterocycles. The molecule has 0 spiro atoms. The number of fused-ring (bicyclic) bond motifs is 11. The van der Waals surface area contributed by atoms with Crippen LogP contribution in [0.4, 0.5) is 0 Å². The van der Waals surface area contributed by atoms with Crippen LogP contribution in [0.5, 0.6) is 0 Å². The standard InChI is InChI=1S/C47H27N3S/c1-2-8-28(9-3-1)39-24-20-29-14-15-30-21-25-40(49-46(30)45(29)48-39)33-18-16-32-27-34(19-17-31(32)26-33)44-38-23-22-36-35-10-5-7-13-42(35)51-47(36)43(38)37-11-4-6-12-41(37)50-44/h1-27H. The van der Waals surface area contributed by atoms with Gasteiger partial charge in [0.1, 0.15) is 0 Å². The number of nitrogens with zero attached hydrogens (tertiary/aromatic N) is 3. The van der Waals surface area contributed by atoms with Gasteiger partial charge < -0.3 is 0 Å². The van der Waals surface area contributed by atoms with E-state index in [2.05, 4.69) is 146 Å². The Morgan fingerprint density at radius 1 is 0.373 bits per heavy atom. The van der Waals surface area contributed by atoms with Crippen molar-refractivity contribution >= 4 is 85.8 Å². The lowest BCUT2D eigenvalue weighted by Crippen LogP contribution is -1.91. The fraction of sp³-hybridized carbons (Fsp3) is 0. The highest BCUT2D eigenvalue weighted by Gasteiger charge is 2.17. The lowest BCUT2D eigenvalue weighted by molar-refractivity contribution is 1.37. The smallest absolute Gasteiger partial charge is 0.0972 e. The van der Waals surface area contributed by atoms with Crippen molar-refractivity contribution in [3.8, 4) is 33.8 Å². The molecular formula is C47H27N3S. The van der Waals surface area contributed by atoms with Crippen LogP contribution >= 0.6 is 11.3 Å². The second-order valence-corrected chi connectivity index (χ2v) is 14.2. The van der Waals surface area contributed by atoms with E-state index in [1.54, 1.807) is 0 Å². The van der Waals surface area contributed by atoms with Gasteiger partial charge in [0.25, 0.3) is 0 Å². The molecule has 0 unspecified atom stereocenters. The van der Waals surface area contributed by atoms with Crippen molar-refractivity contribution in [2.75, 3.05) is 0 Å². The Hall–Kier alpha value is -6.49. The minimum Gasteiger partial charge on any atom is -0.247 e. The van der Waals surface area contributed by atoms with Crippen LogP contribution in [0.15, 0.2) is 164 Å². The van der Waals surface area contributed by atoms with E-state index < -0.39 is 0 Å². The fourth-order valence-electron chi connectivity index (χ4n) is 7.69. The first kappa shape index (κ1) is 28.4. The van der Waals surface area contributed by atoms with Gasteiger partial charge in [-0.1, -0.05) is 127 Å². The lowest BCUT2D eigenvalue weighted by Gasteiger charge is -2.12. The molecule has 0 fully saturated rings. The van der Waals surface area contributed by atoms with Gasteiger partial charge >= 0.3 is 0 Å². The van der Waals surface area contributed by atoms with E-state index in [1.165, 1.54) is 41.7 Å². The monoisotopic (exact) mass is 665 g/mol. The van der Waals surface area contributed by atoms with Gasteiger partial charge in [0, 0.05) is 63.8 Å². The van der Waals surface area contributed by atoms with Crippen molar-refractivity contribution in [3.63, 3.8) is 0 Å². The molecule has 0 saturated carbocycles. The maximum atomic E-state index is 5.27. The normalized spacial score (nSPS) is 11.9. The van der Waals surface area contributed by atoms with Gasteiger partial charge in [0.2, 0.25) is 0 Å². The first-order chi connectivity index (χ1) is 25.2. The molecule has 0 saturated heterocycles. The third kappa shape index (κ3) is 4.47. The minimum absolute atomic E-state index is 0.917. The minimum atomic E-state index is 0.917. The van der Waals surface area contributed by atoms with Crippen molar-refractivity contribution in [1.29, 1.82) is 0 Å². The molecule has 3 nitrogen and oxygen atoms in total. The highest BCUT2D eigenvalue weighted by molar-refractivity contribution is 7.26. The Bertz CT molecular complexity index is 3200. The third-order valence-corrected chi connectivity index (χ3v) is 11.4. The van der Waals surface area contributed by atoms with Crippen LogP contribution in [0, 0.1) is 0 Å². The van der Waals surface area contributed by atoms with E-state index in [1.807, 2.05) is 29.5 Å². The largest absolute Gasteiger partial charge is 0.247 e. The van der Waals surface area contributed by atoms with Crippen molar-refractivity contribution in [2.45, 2.75) is 0 Å². The van der Waals surface area contributed by atoms with Crippen LogP contribution in [-0.4, -0.2) is 15.0 Å². The maximum absolute atomic E-state index is 5.27. The molecule has 4 aromatic heterocycles. The van der Waals surface area contributed by atoms with Crippen LogP contribution in [0.25, 0.3) is 108 Å². The molecule has 0 radical (unpaired) electrons. The van der Waals surface area contributed by atoms with Gasteiger partial charge in [-0.3, -0.25) is 0 Å². The van der Waals surface area contributed by atoms with E-state index >= 15 is 0 Å². The highest BCUT2D eigenvalue weighted by atomic mass is 32.1. The molecule has 4 heterocycles. The topological polar surface area (TPSA) is 38.7 Å². The number of hydrogen-bond donors (Lipinski definition) is 0. The summed E-state index contributed by atoms with van der Waals surface area (Å²) in [6.45, 7) is 0. The number of aromatic nitrogens is 3. The van der Waals surface area contributed by atoms with Crippen LogP contribution in [-0.2, 0) is 0 Å². The summed E-state index contributed by atoms with van der Waals surface area (Å²) < 4.78 is 2.63. The summed E-state index contributed by atoms with van der Waals surface area (Å²) in [4.78, 5) is 15.6. The average Bonchev–Trinajstić information content (AvgIpc) is 3.59. The SMILES string of the molecule is c1ccc(-c2ccc3ccc4ccc(-c5ccc6cc(-c7nc8ccccc8c8c7ccc7c9ccccc9sc78)ccc6c5)nc4c3n2)cc1. The molecule has 0 amide bonds. The molecule has 236 valence electrons. The average molecular weight is 666 g/mol. The molecule has 0 N–H and O–H groups in total. The number of hydrogen-bond acceptors (Lipinski definition) is 4. The first-order valence-corrected chi connectivity index (χ1v) is 18.0. The summed E-state index contributed by atoms with van der Waals surface area (Å²) in [6.07, 6.45) is 0. The number of pyridine rings is 3. The molecule has 4 heteroatoms. The quantitative estimate of drug-likeness (QED) is 0.176. The van der Waals surface area contributed by atoms with Crippen LogP contribution in [0.2, 0.25) is 0 Å². The zero-order valence-electron chi connectivity index (χ0n) is 27.3. The second kappa shape index (κ2) is 11.0. The van der Waals surface area contributed by atoms with E-state index in [9.17, 15) is 0 Å². The Morgan fingerprint density at radius 3 is 1.75 bits per heavy atom. The summed E-state index contributed by atoms with van der Waals surface area (Å²) in [5.41, 5.74) is 9.04. The summed E-state index contributed by atoms with van der Waals surface area (Å²) in [5.74, 6) is 0. The summed E-state index contributed by atoms with van der Waals surface area (Å²) in [7, 11) is 0. The Labute approximate surface area is 297 Å². The van der Waals surface area contributed by atoms with Gasteiger partial charge in [-0.2, -0.15) is 0 Å². The van der Waals surface area contributed by atoms with Gasteiger partial charge in [0.05, 0.1) is 33.6 Å². The van der Waals surface area contributed by atoms with Crippen molar-refractivity contribution in [3.05, 3.63) is 164 Å². The van der Waals surface area contributed by atoms with Crippen molar-refractivity contribution in [2.24, 2.45) is 0 Å². The van der Waals surface area contributed by atoms with Crippen molar-refractivity contribution < 1.29 is 0 Å². The molecule has 11 rings (SSSR count). The van der Waals surface area contributed by atoms with E-state index in [4.69, 9.17) is 15.0 Å². The molecule has 7 aromatic carbocycles. The predicted molar refractivity (Wildman–Crippen MR) is 217 cm³/mol. The fourth-order valence-corrected chi connectivity index (χ4v) is 8.95. The molecule has 0 atom stereocenters. The molecule has 51 heavy (non-hydrogen) atoms. The van der Waals surface area contributed by atoms with Crippen LogP contribution in [0.1, 0.15) is 0 Å². The second-order valence-electron chi connectivity index (χ2n) is 13.2. The number of para-hydroxylation sites is 1. The van der Waals surface area contributed by atoms with Crippen LogP contribution in [0.3, 0.4) is 0 Å². The van der Waals surface area contributed by atoms with Crippen LogP contribution < -0.4 is 0 Å². The van der Waals surface area contributed by atoms with Gasteiger partial charge in [-0.25, -0.2) is 15.0 Å².